The molecule has 0 bridgehead atoms. The van der Waals surface area contributed by atoms with Crippen LogP contribution in [0.15, 0.2) is 54.6 Å². The standard InChI is InChI=1S/C18H21NO/c19-18(17-10-12-20-13-11-17)16-8-6-15(7-9-16)14-4-2-1-3-5-14/h1-9,17-18H,10-13,19H2/t18-/m0/s1. The average molecular weight is 267 g/mol. The zero-order valence-electron chi connectivity index (χ0n) is 11.7. The molecule has 0 radical (unpaired) electrons. The second kappa shape index (κ2) is 6.21. The second-order valence-corrected chi connectivity index (χ2v) is 5.46. The molecule has 1 atom stereocenters. The van der Waals surface area contributed by atoms with Gasteiger partial charge in [-0.1, -0.05) is 54.6 Å². The van der Waals surface area contributed by atoms with Crippen molar-refractivity contribution in [2.75, 3.05) is 13.2 Å². The molecule has 0 aromatic heterocycles. The molecule has 104 valence electrons. The number of hydrogen-bond donors (Lipinski definition) is 1. The van der Waals surface area contributed by atoms with Crippen LogP contribution in [0.2, 0.25) is 0 Å². The van der Waals surface area contributed by atoms with Crippen LogP contribution in [0.4, 0.5) is 0 Å². The van der Waals surface area contributed by atoms with Crippen LogP contribution in [-0.4, -0.2) is 13.2 Å². The predicted octanol–water partition coefficient (Wildman–Crippen LogP) is 3.78. The van der Waals surface area contributed by atoms with Gasteiger partial charge in [-0.3, -0.25) is 0 Å². The predicted molar refractivity (Wildman–Crippen MR) is 82.3 cm³/mol. The van der Waals surface area contributed by atoms with Gasteiger partial charge in [-0.2, -0.15) is 0 Å². The number of benzene rings is 2. The number of nitrogens with two attached hydrogens (primary N) is 1. The van der Waals surface area contributed by atoms with Crippen LogP contribution in [-0.2, 0) is 4.74 Å². The molecule has 2 heteroatoms. The highest BCUT2D eigenvalue weighted by molar-refractivity contribution is 5.63. The van der Waals surface area contributed by atoms with Crippen LogP contribution < -0.4 is 5.73 Å². The van der Waals surface area contributed by atoms with E-state index in [1.165, 1.54) is 16.7 Å². The maximum Gasteiger partial charge on any atom is 0.0469 e. The van der Waals surface area contributed by atoms with Crippen LogP contribution in [0, 0.1) is 5.92 Å². The Kier molecular flexibility index (Phi) is 4.14. The lowest BCUT2D eigenvalue weighted by atomic mass is 9.87. The van der Waals surface area contributed by atoms with Crippen molar-refractivity contribution in [1.29, 1.82) is 0 Å². The summed E-state index contributed by atoms with van der Waals surface area (Å²) in [6.45, 7) is 1.70. The molecule has 2 nitrogen and oxygen atoms in total. The Morgan fingerprint density at radius 3 is 2.10 bits per heavy atom. The van der Waals surface area contributed by atoms with E-state index in [1.54, 1.807) is 0 Å². The lowest BCUT2D eigenvalue weighted by Crippen LogP contribution is -2.27. The summed E-state index contributed by atoms with van der Waals surface area (Å²) in [5, 5.41) is 0. The first-order valence-electron chi connectivity index (χ1n) is 7.33. The second-order valence-electron chi connectivity index (χ2n) is 5.46. The van der Waals surface area contributed by atoms with Crippen molar-refractivity contribution in [1.82, 2.24) is 0 Å². The fourth-order valence-corrected chi connectivity index (χ4v) is 2.88. The minimum atomic E-state index is 0.128. The zero-order chi connectivity index (χ0) is 13.8. The lowest BCUT2D eigenvalue weighted by molar-refractivity contribution is 0.0584. The van der Waals surface area contributed by atoms with E-state index in [1.807, 2.05) is 6.07 Å². The lowest BCUT2D eigenvalue weighted by Gasteiger charge is -2.28. The quantitative estimate of drug-likeness (QED) is 0.918. The summed E-state index contributed by atoms with van der Waals surface area (Å²) in [6.07, 6.45) is 2.14. The van der Waals surface area contributed by atoms with Gasteiger partial charge in [0.15, 0.2) is 0 Å². The number of rotatable bonds is 3. The topological polar surface area (TPSA) is 35.2 Å². The Hall–Kier alpha value is -1.64. The third-order valence-electron chi connectivity index (χ3n) is 4.18. The van der Waals surface area contributed by atoms with Crippen molar-refractivity contribution >= 4 is 0 Å². The van der Waals surface area contributed by atoms with Gasteiger partial charge < -0.3 is 10.5 Å². The van der Waals surface area contributed by atoms with Gasteiger partial charge in [0, 0.05) is 19.3 Å². The van der Waals surface area contributed by atoms with E-state index < -0.39 is 0 Å². The number of ether oxygens (including phenoxy) is 1. The summed E-state index contributed by atoms with van der Waals surface area (Å²) >= 11 is 0. The molecule has 0 aliphatic carbocycles. The molecule has 1 heterocycles. The van der Waals surface area contributed by atoms with Crippen molar-refractivity contribution in [3.8, 4) is 11.1 Å². The first kappa shape index (κ1) is 13.3. The Morgan fingerprint density at radius 2 is 1.45 bits per heavy atom. The minimum absolute atomic E-state index is 0.128. The van der Waals surface area contributed by atoms with E-state index in [9.17, 15) is 0 Å². The van der Waals surface area contributed by atoms with Gasteiger partial charge in [0.1, 0.15) is 0 Å². The molecule has 1 aliphatic heterocycles. The average Bonchev–Trinajstić information content (AvgIpc) is 2.56. The van der Waals surface area contributed by atoms with Crippen molar-refractivity contribution < 1.29 is 4.74 Å². The van der Waals surface area contributed by atoms with Gasteiger partial charge in [0.05, 0.1) is 0 Å². The van der Waals surface area contributed by atoms with Crippen LogP contribution >= 0.6 is 0 Å². The minimum Gasteiger partial charge on any atom is -0.381 e. The molecule has 0 amide bonds. The fourth-order valence-electron chi connectivity index (χ4n) is 2.88. The SMILES string of the molecule is N[C@@H](c1ccc(-c2ccccc2)cc1)C1CCOCC1. The summed E-state index contributed by atoms with van der Waals surface area (Å²) in [7, 11) is 0. The van der Waals surface area contributed by atoms with Gasteiger partial charge in [-0.15, -0.1) is 0 Å². The van der Waals surface area contributed by atoms with Gasteiger partial charge in [0.25, 0.3) is 0 Å². The Labute approximate surface area is 120 Å². The van der Waals surface area contributed by atoms with E-state index >= 15 is 0 Å². The monoisotopic (exact) mass is 267 g/mol. The van der Waals surface area contributed by atoms with E-state index in [4.69, 9.17) is 10.5 Å². The molecular weight excluding hydrogens is 246 g/mol. The van der Waals surface area contributed by atoms with Crippen LogP contribution in [0.5, 0.6) is 0 Å². The van der Waals surface area contributed by atoms with E-state index in [0.29, 0.717) is 5.92 Å². The van der Waals surface area contributed by atoms with E-state index in [2.05, 4.69) is 48.5 Å². The summed E-state index contributed by atoms with van der Waals surface area (Å²) < 4.78 is 5.41. The molecule has 1 saturated heterocycles. The van der Waals surface area contributed by atoms with Crippen molar-refractivity contribution in [2.24, 2.45) is 11.7 Å². The van der Waals surface area contributed by atoms with E-state index in [-0.39, 0.29) is 6.04 Å². The highest BCUT2D eigenvalue weighted by Gasteiger charge is 2.22. The molecule has 0 spiro atoms. The highest BCUT2D eigenvalue weighted by atomic mass is 16.5. The van der Waals surface area contributed by atoms with Crippen molar-refractivity contribution in [3.05, 3.63) is 60.2 Å². The first-order valence-corrected chi connectivity index (χ1v) is 7.33. The van der Waals surface area contributed by atoms with Crippen molar-refractivity contribution in [3.63, 3.8) is 0 Å². The molecule has 3 rings (SSSR count). The molecule has 0 saturated carbocycles. The third-order valence-corrected chi connectivity index (χ3v) is 4.18. The Morgan fingerprint density at radius 1 is 0.850 bits per heavy atom. The molecule has 1 aliphatic rings. The summed E-state index contributed by atoms with van der Waals surface area (Å²) in [4.78, 5) is 0. The van der Waals surface area contributed by atoms with E-state index in [0.717, 1.165) is 26.1 Å². The summed E-state index contributed by atoms with van der Waals surface area (Å²) in [5.74, 6) is 0.548. The zero-order valence-corrected chi connectivity index (χ0v) is 11.7. The molecule has 2 aromatic rings. The Balaban J connectivity index is 1.75. The molecule has 2 aromatic carbocycles. The molecular formula is C18H21NO. The first-order chi connectivity index (χ1) is 9.84. The summed E-state index contributed by atoms with van der Waals surface area (Å²) in [5.41, 5.74) is 10.1. The number of hydrogen-bond acceptors (Lipinski definition) is 2. The van der Waals surface area contributed by atoms with Crippen LogP contribution in [0.25, 0.3) is 11.1 Å². The molecule has 1 fully saturated rings. The smallest absolute Gasteiger partial charge is 0.0469 e. The van der Waals surface area contributed by atoms with Gasteiger partial charge in [-0.05, 0) is 35.4 Å². The normalized spacial score (nSPS) is 17.9. The maximum atomic E-state index is 6.40. The van der Waals surface area contributed by atoms with Gasteiger partial charge >= 0.3 is 0 Å². The third kappa shape index (κ3) is 2.92. The highest BCUT2D eigenvalue weighted by Crippen LogP contribution is 2.29. The molecule has 2 N–H and O–H groups in total. The van der Waals surface area contributed by atoms with Gasteiger partial charge in [0.2, 0.25) is 0 Å². The van der Waals surface area contributed by atoms with Gasteiger partial charge in [-0.25, -0.2) is 0 Å². The maximum absolute atomic E-state index is 6.40. The molecule has 20 heavy (non-hydrogen) atoms. The van der Waals surface area contributed by atoms with Crippen molar-refractivity contribution in [2.45, 2.75) is 18.9 Å². The summed E-state index contributed by atoms with van der Waals surface area (Å²) in [6, 6.07) is 19.2. The largest absolute Gasteiger partial charge is 0.381 e. The van der Waals surface area contributed by atoms with Crippen LogP contribution in [0.3, 0.4) is 0 Å². The molecule has 0 unspecified atom stereocenters. The Bertz CT molecular complexity index is 529. The fraction of sp³-hybridized carbons (Fsp3) is 0.333. The van der Waals surface area contributed by atoms with Crippen LogP contribution in [0.1, 0.15) is 24.4 Å².